The zero-order valence-electron chi connectivity index (χ0n) is 13.2. The molecule has 0 fully saturated rings. The van der Waals surface area contributed by atoms with E-state index in [-0.39, 0.29) is 5.41 Å². The van der Waals surface area contributed by atoms with Crippen LogP contribution in [0.25, 0.3) is 0 Å². The van der Waals surface area contributed by atoms with Crippen LogP contribution in [0.4, 0.5) is 5.69 Å². The van der Waals surface area contributed by atoms with E-state index in [0.29, 0.717) is 6.61 Å². The number of nitrogens with zero attached hydrogens (tertiary/aromatic N) is 1. The molecule has 0 bridgehead atoms. The van der Waals surface area contributed by atoms with Crippen molar-refractivity contribution in [2.45, 2.75) is 33.1 Å². The lowest BCUT2D eigenvalue weighted by atomic mass is 9.83. The monoisotopic (exact) mass is 314 g/mol. The summed E-state index contributed by atoms with van der Waals surface area (Å²) < 4.78 is 7.25. The van der Waals surface area contributed by atoms with Crippen molar-refractivity contribution >= 4 is 30.1 Å². The van der Waals surface area contributed by atoms with Crippen LogP contribution < -0.4 is 5.32 Å². The van der Waals surface area contributed by atoms with Gasteiger partial charge in [-0.15, -0.1) is 0 Å². The van der Waals surface area contributed by atoms with Gasteiger partial charge in [0.05, 0.1) is 27.9 Å². The average Bonchev–Trinajstić information content (AvgIpc) is 2.38. The van der Waals surface area contributed by atoms with Crippen LogP contribution >= 0.6 is 24.4 Å². The molecule has 0 amide bonds. The smallest absolute Gasteiger partial charge is 0.0796 e. The lowest BCUT2D eigenvalue weighted by Gasteiger charge is -2.27. The molecule has 0 saturated heterocycles. The Morgan fingerprint density at radius 1 is 1.15 bits per heavy atom. The lowest BCUT2D eigenvalue weighted by Crippen LogP contribution is -2.24. The van der Waals surface area contributed by atoms with Crippen molar-refractivity contribution in [3.05, 3.63) is 14.6 Å². The van der Waals surface area contributed by atoms with E-state index < -0.39 is 0 Å². The highest BCUT2D eigenvalue weighted by Gasteiger charge is 2.25. The van der Waals surface area contributed by atoms with Crippen molar-refractivity contribution < 1.29 is 4.74 Å². The molecule has 0 unspecified atom stereocenters. The van der Waals surface area contributed by atoms with E-state index in [1.54, 1.807) is 0 Å². The second-order valence-electron chi connectivity index (χ2n) is 6.09. The first-order valence-electron chi connectivity index (χ1n) is 7.13. The summed E-state index contributed by atoms with van der Waals surface area (Å²) in [5.41, 5.74) is 2.28. The largest absolute Gasteiger partial charge is 0.381 e. The molecule has 1 aromatic carbocycles. The summed E-state index contributed by atoms with van der Waals surface area (Å²) in [6.07, 6.45) is 0. The standard InChI is InChI=1S/C15H26N2OS2/c1-6-17(5)8-10-18-9-7-16-12-11(15(2,3)4)13(19)14(12)20/h16H,6-10H2,1-5H3. The van der Waals surface area contributed by atoms with Gasteiger partial charge in [0.2, 0.25) is 0 Å². The van der Waals surface area contributed by atoms with Crippen LogP contribution in [-0.2, 0) is 10.2 Å². The molecule has 3 nitrogen and oxygen atoms in total. The molecule has 1 aromatic rings. The topological polar surface area (TPSA) is 24.5 Å². The van der Waals surface area contributed by atoms with Gasteiger partial charge in [-0.2, -0.15) is 0 Å². The van der Waals surface area contributed by atoms with Crippen LogP contribution in [0.2, 0.25) is 0 Å². The first kappa shape index (κ1) is 17.7. The minimum absolute atomic E-state index is 0.0480. The normalized spacial score (nSPS) is 12.3. The van der Waals surface area contributed by atoms with Gasteiger partial charge in [0.15, 0.2) is 0 Å². The number of likely N-dealkylation sites (N-methyl/N-ethyl adjacent to an activating group) is 1. The third-order valence-corrected chi connectivity index (χ3v) is 4.31. The highest BCUT2D eigenvalue weighted by Crippen LogP contribution is 2.36. The summed E-state index contributed by atoms with van der Waals surface area (Å²) in [5.74, 6) is 0. The molecular formula is C15H26N2OS2. The van der Waals surface area contributed by atoms with E-state index in [2.05, 4.69) is 45.0 Å². The van der Waals surface area contributed by atoms with E-state index in [1.165, 1.54) is 5.56 Å². The Hall–Kier alpha value is -0.360. The van der Waals surface area contributed by atoms with E-state index in [9.17, 15) is 0 Å². The fourth-order valence-corrected chi connectivity index (χ4v) is 2.79. The first-order valence-corrected chi connectivity index (χ1v) is 7.94. The first-order chi connectivity index (χ1) is 9.29. The molecule has 0 aromatic heterocycles. The zero-order chi connectivity index (χ0) is 15.3. The molecule has 0 spiro atoms. The van der Waals surface area contributed by atoms with Gasteiger partial charge in [-0.1, -0.05) is 52.1 Å². The number of hydrogen-bond donors (Lipinski definition) is 1. The molecule has 1 N–H and O–H groups in total. The van der Waals surface area contributed by atoms with E-state index in [0.717, 1.165) is 40.9 Å². The molecule has 20 heavy (non-hydrogen) atoms. The van der Waals surface area contributed by atoms with E-state index >= 15 is 0 Å². The Balaban J connectivity index is 2.36. The summed E-state index contributed by atoms with van der Waals surface area (Å²) in [5, 5.41) is 3.37. The Labute approximate surface area is 133 Å². The maximum absolute atomic E-state index is 5.61. The highest BCUT2D eigenvalue weighted by atomic mass is 32.1. The highest BCUT2D eigenvalue weighted by molar-refractivity contribution is 7.74. The molecule has 0 saturated carbocycles. The van der Waals surface area contributed by atoms with Gasteiger partial charge in [0.25, 0.3) is 0 Å². The Kier molecular flexibility index (Phi) is 6.72. The predicted octanol–water partition coefficient (Wildman–Crippen LogP) is 3.70. The fraction of sp³-hybridized carbons (Fsp3) is 0.733. The number of anilines is 1. The molecule has 0 atom stereocenters. The molecule has 0 heterocycles. The Bertz CT molecular complexity index is 499. The third-order valence-electron chi connectivity index (χ3n) is 3.37. The van der Waals surface area contributed by atoms with E-state index in [1.807, 2.05) is 0 Å². The summed E-state index contributed by atoms with van der Waals surface area (Å²) in [7, 11) is 2.09. The molecule has 1 rings (SSSR count). The maximum Gasteiger partial charge on any atom is 0.0796 e. The van der Waals surface area contributed by atoms with Crippen LogP contribution in [0.15, 0.2) is 0 Å². The van der Waals surface area contributed by atoms with Crippen LogP contribution in [0.5, 0.6) is 0 Å². The predicted molar refractivity (Wildman–Crippen MR) is 91.7 cm³/mol. The molecule has 0 aliphatic rings. The summed E-state index contributed by atoms with van der Waals surface area (Å²) in [6, 6.07) is 0. The SMILES string of the molecule is CCN(C)CCOCCNc1c(C(C)(C)C)c(=S)c1=S. The average molecular weight is 315 g/mol. The maximum atomic E-state index is 5.61. The van der Waals surface area contributed by atoms with E-state index in [4.69, 9.17) is 29.2 Å². The number of nitrogens with one attached hydrogen (secondary N) is 1. The fourth-order valence-electron chi connectivity index (χ4n) is 2.00. The van der Waals surface area contributed by atoms with Crippen LogP contribution in [0.3, 0.4) is 0 Å². The molecular weight excluding hydrogens is 288 g/mol. The van der Waals surface area contributed by atoms with Crippen molar-refractivity contribution in [1.29, 1.82) is 0 Å². The molecule has 114 valence electrons. The van der Waals surface area contributed by atoms with Crippen molar-refractivity contribution in [2.75, 3.05) is 45.2 Å². The van der Waals surface area contributed by atoms with Gasteiger partial charge in [-0.3, -0.25) is 0 Å². The van der Waals surface area contributed by atoms with Gasteiger partial charge in [-0.25, -0.2) is 0 Å². The van der Waals surface area contributed by atoms with Gasteiger partial charge in [-0.05, 0) is 19.0 Å². The summed E-state index contributed by atoms with van der Waals surface area (Å²) >= 11 is 10.7. The quantitative estimate of drug-likeness (QED) is 0.582. The van der Waals surface area contributed by atoms with Crippen LogP contribution in [0.1, 0.15) is 33.3 Å². The Morgan fingerprint density at radius 3 is 2.35 bits per heavy atom. The molecule has 0 radical (unpaired) electrons. The third kappa shape index (κ3) is 4.58. The molecule has 0 aliphatic carbocycles. The van der Waals surface area contributed by atoms with Crippen molar-refractivity contribution in [3.8, 4) is 0 Å². The van der Waals surface area contributed by atoms with Crippen LogP contribution in [-0.4, -0.2) is 44.8 Å². The molecule has 0 aliphatic heterocycles. The Morgan fingerprint density at radius 2 is 1.80 bits per heavy atom. The second-order valence-corrected chi connectivity index (χ2v) is 6.91. The van der Waals surface area contributed by atoms with Gasteiger partial charge < -0.3 is 15.0 Å². The summed E-state index contributed by atoms with van der Waals surface area (Å²) in [4.78, 5) is 2.23. The lowest BCUT2D eigenvalue weighted by molar-refractivity contribution is 0.121. The minimum atomic E-state index is 0.0480. The minimum Gasteiger partial charge on any atom is -0.381 e. The summed E-state index contributed by atoms with van der Waals surface area (Å²) in [6.45, 7) is 12.9. The van der Waals surface area contributed by atoms with Crippen LogP contribution in [0, 0.1) is 9.02 Å². The van der Waals surface area contributed by atoms with Gasteiger partial charge in [0.1, 0.15) is 0 Å². The van der Waals surface area contributed by atoms with Crippen molar-refractivity contribution in [1.82, 2.24) is 4.90 Å². The van der Waals surface area contributed by atoms with Gasteiger partial charge >= 0.3 is 0 Å². The van der Waals surface area contributed by atoms with Crippen molar-refractivity contribution in [2.24, 2.45) is 0 Å². The van der Waals surface area contributed by atoms with Gasteiger partial charge in [0, 0.05) is 18.7 Å². The zero-order valence-corrected chi connectivity index (χ0v) is 14.8. The number of rotatable bonds is 8. The second kappa shape index (κ2) is 7.59. The number of hydrogen-bond acceptors (Lipinski definition) is 5. The van der Waals surface area contributed by atoms with Crippen molar-refractivity contribution in [3.63, 3.8) is 0 Å². The molecule has 5 heteroatoms. The number of ether oxygens (including phenoxy) is 1.